The zero-order valence-corrected chi connectivity index (χ0v) is 8.63. The molecule has 0 aliphatic heterocycles. The summed E-state index contributed by atoms with van der Waals surface area (Å²) in [5.41, 5.74) is 0. The van der Waals surface area contributed by atoms with Gasteiger partial charge in [0, 0.05) is 0 Å². The Balaban J connectivity index is 0. The molecule has 0 saturated heterocycles. The van der Waals surface area contributed by atoms with Gasteiger partial charge in [0.2, 0.25) is 0 Å². The van der Waals surface area contributed by atoms with E-state index in [1.165, 1.54) is 0 Å². The van der Waals surface area contributed by atoms with Gasteiger partial charge in [-0.2, -0.15) is 0 Å². The monoisotopic (exact) mass is 200 g/mol. The van der Waals surface area contributed by atoms with Gasteiger partial charge in [-0.1, -0.05) is 49.1 Å². The zero-order valence-electron chi connectivity index (χ0n) is 7.07. The van der Waals surface area contributed by atoms with Crippen molar-refractivity contribution in [3.8, 4) is 0 Å². The minimum absolute atomic E-state index is 1.75. The molecule has 0 heterocycles. The van der Waals surface area contributed by atoms with Gasteiger partial charge in [-0.05, 0) is 6.92 Å². The summed E-state index contributed by atoms with van der Waals surface area (Å²) < 4.78 is 17.0. The van der Waals surface area contributed by atoms with Crippen molar-refractivity contribution in [2.75, 3.05) is 0 Å². The summed E-state index contributed by atoms with van der Waals surface area (Å²) in [6.45, 7) is 5.42. The summed E-state index contributed by atoms with van der Waals surface area (Å²) >= 11 is -2.00. The fourth-order valence-corrected chi connectivity index (χ4v) is 0.247. The van der Waals surface area contributed by atoms with Crippen molar-refractivity contribution >= 4 is 0 Å². The van der Waals surface area contributed by atoms with Gasteiger partial charge in [0.25, 0.3) is 0 Å². The van der Waals surface area contributed by atoms with Gasteiger partial charge >= 0.3 is 25.7 Å². The first-order valence-electron chi connectivity index (χ1n) is 3.39. The maximum absolute atomic E-state index is 8.50. The van der Waals surface area contributed by atoms with Crippen LogP contribution in [0, 0.1) is 0 Å². The van der Waals surface area contributed by atoms with E-state index in [4.69, 9.17) is 6.65 Å². The van der Waals surface area contributed by atoms with E-state index >= 15 is 0 Å². The molecule has 0 aromatic heterocycles. The Morgan fingerprint density at radius 1 is 1.17 bits per heavy atom. The summed E-state index contributed by atoms with van der Waals surface area (Å²) in [4.78, 5) is 0. The topological polar surface area (TPSA) is 34.1 Å². The summed E-state index contributed by atoms with van der Waals surface area (Å²) in [5.74, 6) is 0. The minimum atomic E-state index is -2.00. The van der Waals surface area contributed by atoms with E-state index in [2.05, 4.69) is 6.58 Å². The molecular formula is C9H12O2Ti. The van der Waals surface area contributed by atoms with Crippen LogP contribution in [0.4, 0.5) is 0 Å². The third kappa shape index (κ3) is 22.8. The first-order valence-corrected chi connectivity index (χ1v) is 4.67. The van der Waals surface area contributed by atoms with Crippen LogP contribution in [0.2, 0.25) is 0 Å². The molecule has 64 valence electrons. The molecule has 0 atom stereocenters. The van der Waals surface area contributed by atoms with E-state index in [1.807, 2.05) is 43.4 Å². The molecule has 0 aromatic carbocycles. The van der Waals surface area contributed by atoms with E-state index in [0.29, 0.717) is 0 Å². The summed E-state index contributed by atoms with van der Waals surface area (Å²) in [7, 11) is 0. The molecule has 3 heteroatoms. The number of rotatable bonds is 1. The first kappa shape index (κ1) is 13.8. The van der Waals surface area contributed by atoms with Gasteiger partial charge in [0.1, 0.15) is 0 Å². The van der Waals surface area contributed by atoms with E-state index in [-0.39, 0.29) is 0 Å². The summed E-state index contributed by atoms with van der Waals surface area (Å²) in [6, 6.07) is 0. The molecule has 0 spiro atoms. The third-order valence-corrected chi connectivity index (χ3v) is 0.773. The van der Waals surface area contributed by atoms with E-state index in [1.54, 1.807) is 6.08 Å². The number of hydrogen-bond donors (Lipinski definition) is 0. The average molecular weight is 200 g/mol. The normalized spacial score (nSPS) is 9.75. The molecule has 2 nitrogen and oxygen atoms in total. The number of hydrogen-bond acceptors (Lipinski definition) is 2. The maximum atomic E-state index is 8.50. The van der Waals surface area contributed by atoms with Crippen LogP contribution in [0.1, 0.15) is 6.92 Å². The predicted octanol–water partition coefficient (Wildman–Crippen LogP) is 2.62. The second kappa shape index (κ2) is 16.7. The molecule has 0 amide bonds. The van der Waals surface area contributed by atoms with E-state index < -0.39 is 19.1 Å². The summed E-state index contributed by atoms with van der Waals surface area (Å²) in [6.07, 6.45) is 13.6. The van der Waals surface area contributed by atoms with Gasteiger partial charge in [0.15, 0.2) is 0 Å². The second-order valence-corrected chi connectivity index (χ2v) is 1.87. The van der Waals surface area contributed by atoms with Crippen molar-refractivity contribution in [3.05, 3.63) is 49.1 Å². The van der Waals surface area contributed by atoms with Crippen molar-refractivity contribution in [2.24, 2.45) is 0 Å². The third-order valence-electron chi connectivity index (χ3n) is 0.773. The van der Waals surface area contributed by atoms with Gasteiger partial charge in [-0.15, -0.1) is 0 Å². The molecule has 12 heavy (non-hydrogen) atoms. The fourth-order valence-electron chi connectivity index (χ4n) is 0.247. The molecule has 0 saturated carbocycles. The second-order valence-electron chi connectivity index (χ2n) is 1.61. The van der Waals surface area contributed by atoms with Crippen LogP contribution in [-0.2, 0) is 25.7 Å². The Labute approximate surface area is 81.9 Å². The van der Waals surface area contributed by atoms with E-state index in [0.717, 1.165) is 0 Å². The van der Waals surface area contributed by atoms with Crippen LogP contribution in [0.5, 0.6) is 0 Å². The molecule has 0 radical (unpaired) electrons. The molecule has 0 aromatic rings. The Bertz CT molecular complexity index is 191. The molecule has 0 bridgehead atoms. The van der Waals surface area contributed by atoms with Crippen molar-refractivity contribution in [2.45, 2.75) is 6.92 Å². The van der Waals surface area contributed by atoms with Crippen LogP contribution in [0.25, 0.3) is 0 Å². The first-order chi connectivity index (χ1) is 5.83. The molecule has 0 N–H and O–H groups in total. The standard InChI is InChI=1S/C5H8.C4H4.2O.Ti/c1-3-5-4-2;1-2-4-3-1;;;/h3-5H,1H2,2H3;1-4H;;;. The van der Waals surface area contributed by atoms with Crippen molar-refractivity contribution in [1.29, 1.82) is 0 Å². The zero-order chi connectivity index (χ0) is 9.66. The van der Waals surface area contributed by atoms with Crippen LogP contribution in [0.3, 0.4) is 0 Å². The molecule has 1 aliphatic carbocycles. The molecule has 0 fully saturated rings. The van der Waals surface area contributed by atoms with Crippen LogP contribution >= 0.6 is 0 Å². The Morgan fingerprint density at radius 3 is 1.50 bits per heavy atom. The van der Waals surface area contributed by atoms with Crippen molar-refractivity contribution in [1.82, 2.24) is 0 Å². The van der Waals surface area contributed by atoms with Gasteiger partial charge in [0.05, 0.1) is 0 Å². The molecular weight excluding hydrogens is 188 g/mol. The molecule has 1 rings (SSSR count). The van der Waals surface area contributed by atoms with Crippen molar-refractivity contribution < 1.29 is 25.7 Å². The number of allylic oxidation sites excluding steroid dienone is 7. The van der Waals surface area contributed by atoms with Crippen molar-refractivity contribution in [3.63, 3.8) is 0 Å². The Kier molecular flexibility index (Phi) is 19.3. The van der Waals surface area contributed by atoms with Crippen LogP contribution in [0.15, 0.2) is 49.1 Å². The predicted molar refractivity (Wildman–Crippen MR) is 44.7 cm³/mol. The Hall–Kier alpha value is -0.726. The van der Waals surface area contributed by atoms with E-state index in [9.17, 15) is 0 Å². The van der Waals surface area contributed by atoms with Crippen LogP contribution < -0.4 is 0 Å². The summed E-state index contributed by atoms with van der Waals surface area (Å²) in [5, 5.41) is 0. The quantitative estimate of drug-likeness (QED) is 0.481. The SMILES string of the molecule is C1=CC=C1.C=CC=CC.[O]=[Ti]=[O]. The molecule has 1 aliphatic rings. The van der Waals surface area contributed by atoms with Crippen LogP contribution in [-0.4, -0.2) is 0 Å². The molecule has 0 unspecified atom stereocenters. The average Bonchev–Trinajstić information content (AvgIpc) is 1.87. The fraction of sp³-hybridized carbons (Fsp3) is 0.111. The Morgan fingerprint density at radius 2 is 1.50 bits per heavy atom. The van der Waals surface area contributed by atoms with Gasteiger partial charge in [-0.3, -0.25) is 0 Å². The van der Waals surface area contributed by atoms with Gasteiger partial charge in [-0.25, -0.2) is 0 Å². The van der Waals surface area contributed by atoms with Gasteiger partial charge < -0.3 is 0 Å².